The molecule has 0 saturated carbocycles. The Balaban J connectivity index is 2.19. The molecule has 0 spiro atoms. The molecule has 1 heterocycles. The fourth-order valence-corrected chi connectivity index (χ4v) is 3.27. The van der Waals surface area contributed by atoms with Crippen LogP contribution in [0.1, 0.15) is 33.6 Å². The first kappa shape index (κ1) is 13.8. The fourth-order valence-electron chi connectivity index (χ4n) is 1.96. The van der Waals surface area contributed by atoms with Gasteiger partial charge in [-0.2, -0.15) is 11.8 Å². The number of amides is 1. The molecule has 1 fully saturated rings. The highest BCUT2D eigenvalue weighted by Gasteiger charge is 2.28. The topological polar surface area (TPSA) is 41.1 Å². The van der Waals surface area contributed by atoms with Gasteiger partial charge in [0.25, 0.3) is 0 Å². The molecule has 1 aliphatic heterocycles. The van der Waals surface area contributed by atoms with Gasteiger partial charge in [0.2, 0.25) is 5.91 Å². The zero-order chi connectivity index (χ0) is 12.0. The molecular weight excluding hydrogens is 220 g/mol. The van der Waals surface area contributed by atoms with Crippen LogP contribution in [0, 0.1) is 5.41 Å². The largest absolute Gasteiger partial charge is 0.355 e. The van der Waals surface area contributed by atoms with E-state index in [0.717, 1.165) is 18.7 Å². The van der Waals surface area contributed by atoms with Gasteiger partial charge in [0.1, 0.15) is 0 Å². The van der Waals surface area contributed by atoms with Crippen molar-refractivity contribution in [2.24, 2.45) is 5.41 Å². The summed E-state index contributed by atoms with van der Waals surface area (Å²) in [7, 11) is 0. The Labute approximate surface area is 103 Å². The van der Waals surface area contributed by atoms with E-state index in [2.05, 4.69) is 31.4 Å². The van der Waals surface area contributed by atoms with Crippen molar-refractivity contribution in [3.63, 3.8) is 0 Å². The van der Waals surface area contributed by atoms with Crippen molar-refractivity contribution in [1.29, 1.82) is 0 Å². The molecule has 16 heavy (non-hydrogen) atoms. The number of rotatable bonds is 5. The average molecular weight is 244 g/mol. The Morgan fingerprint density at radius 1 is 1.50 bits per heavy atom. The third-order valence-corrected chi connectivity index (χ3v) is 4.36. The molecule has 3 nitrogen and oxygen atoms in total. The predicted molar refractivity (Wildman–Crippen MR) is 70.8 cm³/mol. The maximum Gasteiger partial charge on any atom is 0.233 e. The lowest BCUT2D eigenvalue weighted by molar-refractivity contribution is -0.120. The lowest BCUT2D eigenvalue weighted by atomic mass is 9.88. The van der Waals surface area contributed by atoms with Crippen LogP contribution in [0.4, 0.5) is 0 Å². The Bertz CT molecular complexity index is 231. The summed E-state index contributed by atoms with van der Waals surface area (Å²) in [5.41, 5.74) is 0.403. The van der Waals surface area contributed by atoms with Crippen LogP contribution in [0.3, 0.4) is 0 Å². The SMILES string of the molecule is CCCNC(=O)CNC1CSCC(C)(C)C1. The highest BCUT2D eigenvalue weighted by Crippen LogP contribution is 2.33. The Morgan fingerprint density at radius 2 is 2.25 bits per heavy atom. The number of carbonyl (C=O) groups excluding carboxylic acids is 1. The zero-order valence-electron chi connectivity index (χ0n) is 10.6. The molecule has 0 aliphatic carbocycles. The van der Waals surface area contributed by atoms with Crippen LogP contribution in [-0.2, 0) is 4.79 Å². The lowest BCUT2D eigenvalue weighted by Gasteiger charge is -2.35. The van der Waals surface area contributed by atoms with Crippen LogP contribution in [0.15, 0.2) is 0 Å². The van der Waals surface area contributed by atoms with Gasteiger partial charge in [0, 0.05) is 18.3 Å². The number of carbonyl (C=O) groups is 1. The average Bonchev–Trinajstić information content (AvgIpc) is 2.22. The van der Waals surface area contributed by atoms with Gasteiger partial charge in [-0.15, -0.1) is 0 Å². The van der Waals surface area contributed by atoms with Crippen LogP contribution in [0.25, 0.3) is 0 Å². The normalized spacial score (nSPS) is 24.1. The minimum atomic E-state index is 0.121. The van der Waals surface area contributed by atoms with Crippen LogP contribution in [0.2, 0.25) is 0 Å². The van der Waals surface area contributed by atoms with Crippen molar-refractivity contribution < 1.29 is 4.79 Å². The van der Waals surface area contributed by atoms with E-state index in [1.165, 1.54) is 12.2 Å². The molecule has 1 aliphatic rings. The van der Waals surface area contributed by atoms with Crippen LogP contribution < -0.4 is 10.6 Å². The van der Waals surface area contributed by atoms with Gasteiger partial charge >= 0.3 is 0 Å². The van der Waals surface area contributed by atoms with E-state index >= 15 is 0 Å². The van der Waals surface area contributed by atoms with Gasteiger partial charge in [-0.3, -0.25) is 4.79 Å². The Morgan fingerprint density at radius 3 is 2.88 bits per heavy atom. The van der Waals surface area contributed by atoms with E-state index in [1.807, 2.05) is 11.8 Å². The number of hydrogen-bond donors (Lipinski definition) is 2. The first-order valence-electron chi connectivity index (χ1n) is 6.11. The van der Waals surface area contributed by atoms with Gasteiger partial charge in [-0.1, -0.05) is 20.8 Å². The summed E-state index contributed by atoms with van der Waals surface area (Å²) in [6, 6.07) is 0.487. The molecule has 0 radical (unpaired) electrons. The summed E-state index contributed by atoms with van der Waals surface area (Å²) < 4.78 is 0. The van der Waals surface area contributed by atoms with Gasteiger partial charge < -0.3 is 10.6 Å². The molecular formula is C12H24N2OS. The van der Waals surface area contributed by atoms with Gasteiger partial charge in [0.05, 0.1) is 6.54 Å². The fraction of sp³-hybridized carbons (Fsp3) is 0.917. The lowest BCUT2D eigenvalue weighted by Crippen LogP contribution is -2.44. The van der Waals surface area contributed by atoms with Crippen molar-refractivity contribution in [2.45, 2.75) is 39.7 Å². The summed E-state index contributed by atoms with van der Waals surface area (Å²) in [5.74, 6) is 2.48. The van der Waals surface area contributed by atoms with E-state index in [9.17, 15) is 4.79 Å². The van der Waals surface area contributed by atoms with Crippen LogP contribution in [0.5, 0.6) is 0 Å². The molecule has 0 aromatic rings. The molecule has 0 aromatic carbocycles. The molecule has 0 aromatic heterocycles. The van der Waals surface area contributed by atoms with Crippen LogP contribution in [-0.4, -0.2) is 36.5 Å². The Hall–Kier alpha value is -0.220. The van der Waals surface area contributed by atoms with Gasteiger partial charge in [-0.25, -0.2) is 0 Å². The molecule has 1 saturated heterocycles. The van der Waals surface area contributed by atoms with Gasteiger partial charge in [0.15, 0.2) is 0 Å². The van der Waals surface area contributed by atoms with Crippen molar-refractivity contribution in [3.8, 4) is 0 Å². The smallest absolute Gasteiger partial charge is 0.233 e. The minimum absolute atomic E-state index is 0.121. The van der Waals surface area contributed by atoms with Crippen molar-refractivity contribution >= 4 is 17.7 Å². The second-order valence-electron chi connectivity index (χ2n) is 5.31. The highest BCUT2D eigenvalue weighted by atomic mass is 32.2. The first-order chi connectivity index (χ1) is 7.53. The van der Waals surface area contributed by atoms with E-state index in [1.54, 1.807) is 0 Å². The quantitative estimate of drug-likeness (QED) is 0.772. The minimum Gasteiger partial charge on any atom is -0.355 e. The van der Waals surface area contributed by atoms with E-state index in [4.69, 9.17) is 0 Å². The number of nitrogens with one attached hydrogen (secondary N) is 2. The number of thioether (sulfide) groups is 1. The van der Waals surface area contributed by atoms with Crippen LogP contribution >= 0.6 is 11.8 Å². The summed E-state index contributed by atoms with van der Waals surface area (Å²) in [4.78, 5) is 11.4. The van der Waals surface area contributed by atoms with Crippen molar-refractivity contribution in [2.75, 3.05) is 24.6 Å². The second kappa shape index (κ2) is 6.50. The molecule has 1 unspecified atom stereocenters. The molecule has 4 heteroatoms. The van der Waals surface area contributed by atoms with Crippen molar-refractivity contribution in [1.82, 2.24) is 10.6 Å². The Kier molecular flexibility index (Phi) is 5.62. The maximum atomic E-state index is 11.4. The molecule has 2 N–H and O–H groups in total. The summed E-state index contributed by atoms with van der Waals surface area (Å²) in [5, 5.41) is 6.24. The maximum absolute atomic E-state index is 11.4. The molecule has 1 amide bonds. The number of hydrogen-bond acceptors (Lipinski definition) is 3. The third-order valence-electron chi connectivity index (χ3n) is 2.73. The first-order valence-corrected chi connectivity index (χ1v) is 7.27. The summed E-state index contributed by atoms with van der Waals surface area (Å²) in [6.07, 6.45) is 2.17. The molecule has 94 valence electrons. The third kappa shape index (κ3) is 5.21. The van der Waals surface area contributed by atoms with E-state index in [-0.39, 0.29) is 5.91 Å². The van der Waals surface area contributed by atoms with Gasteiger partial charge in [-0.05, 0) is 24.0 Å². The summed E-state index contributed by atoms with van der Waals surface area (Å²) >= 11 is 1.99. The molecule has 1 atom stereocenters. The summed E-state index contributed by atoms with van der Waals surface area (Å²) in [6.45, 7) is 7.90. The molecule has 0 bridgehead atoms. The monoisotopic (exact) mass is 244 g/mol. The standard InChI is InChI=1S/C12H24N2OS/c1-4-5-13-11(15)7-14-10-6-12(2,3)9-16-8-10/h10,14H,4-9H2,1-3H3,(H,13,15). The zero-order valence-corrected chi connectivity index (χ0v) is 11.5. The van der Waals surface area contributed by atoms with E-state index < -0.39 is 0 Å². The van der Waals surface area contributed by atoms with E-state index in [0.29, 0.717) is 18.0 Å². The second-order valence-corrected chi connectivity index (χ2v) is 6.34. The highest BCUT2D eigenvalue weighted by molar-refractivity contribution is 7.99. The molecule has 1 rings (SSSR count). The van der Waals surface area contributed by atoms with Crippen molar-refractivity contribution in [3.05, 3.63) is 0 Å². The predicted octanol–water partition coefficient (Wildman–Crippen LogP) is 1.63.